The number of aromatic nitrogens is 1. The fraction of sp³-hybridized carbons (Fsp3) is 0.188. The van der Waals surface area contributed by atoms with E-state index >= 15 is 0 Å². The van der Waals surface area contributed by atoms with E-state index in [9.17, 15) is 0 Å². The lowest BCUT2D eigenvalue weighted by Gasteiger charge is -1.99. The number of nitrogens with zero attached hydrogens (tertiary/aromatic N) is 1. The molecule has 0 spiro atoms. The Morgan fingerprint density at radius 3 is 2.70 bits per heavy atom. The minimum Gasteiger partial charge on any atom is -0.360 e. The Bertz CT molecular complexity index is 673. The molecule has 0 fully saturated rings. The molecule has 0 amide bonds. The van der Waals surface area contributed by atoms with Crippen molar-refractivity contribution in [2.75, 3.05) is 0 Å². The van der Waals surface area contributed by atoms with Gasteiger partial charge >= 0.3 is 0 Å². The third-order valence-electron chi connectivity index (χ3n) is 3.04. The Morgan fingerprint density at radius 1 is 1.10 bits per heavy atom. The predicted molar refractivity (Wildman–Crippen MR) is 81.5 cm³/mol. The van der Waals surface area contributed by atoms with Gasteiger partial charge in [-0.25, -0.2) is 0 Å². The van der Waals surface area contributed by atoms with E-state index in [-0.39, 0.29) is 0 Å². The van der Waals surface area contributed by atoms with Gasteiger partial charge in [-0.2, -0.15) is 0 Å². The zero-order valence-corrected chi connectivity index (χ0v) is 12.1. The molecule has 3 rings (SSSR count). The smallest absolute Gasteiger partial charge is 0.150 e. The van der Waals surface area contributed by atoms with Crippen molar-refractivity contribution in [2.24, 2.45) is 0 Å². The maximum Gasteiger partial charge on any atom is 0.150 e. The Morgan fingerprint density at radius 2 is 1.95 bits per heavy atom. The first kappa shape index (κ1) is 13.1. The highest BCUT2D eigenvalue weighted by Crippen LogP contribution is 2.25. The molecular formula is C16H16N2OS. The molecule has 2 heterocycles. The molecule has 0 radical (unpaired) electrons. The summed E-state index contributed by atoms with van der Waals surface area (Å²) in [5, 5.41) is 9.45. The summed E-state index contributed by atoms with van der Waals surface area (Å²) in [6.45, 7) is 3.48. The molecule has 0 aliphatic rings. The van der Waals surface area contributed by atoms with Gasteiger partial charge in [0, 0.05) is 17.5 Å². The maximum absolute atomic E-state index is 5.17. The van der Waals surface area contributed by atoms with E-state index in [1.54, 1.807) is 11.3 Å². The molecule has 20 heavy (non-hydrogen) atoms. The summed E-state index contributed by atoms with van der Waals surface area (Å²) in [6.07, 6.45) is 0. The van der Waals surface area contributed by atoms with E-state index in [2.05, 4.69) is 46.2 Å². The van der Waals surface area contributed by atoms with Crippen LogP contribution in [0.4, 0.5) is 0 Å². The van der Waals surface area contributed by atoms with Crippen molar-refractivity contribution in [1.82, 2.24) is 10.5 Å². The van der Waals surface area contributed by atoms with Gasteiger partial charge in [-0.05, 0) is 29.5 Å². The summed E-state index contributed by atoms with van der Waals surface area (Å²) in [5.74, 6) is 0.877. The molecule has 0 bridgehead atoms. The molecule has 1 N–H and O–H groups in total. The van der Waals surface area contributed by atoms with E-state index in [4.69, 9.17) is 4.52 Å². The van der Waals surface area contributed by atoms with Gasteiger partial charge in [0.15, 0.2) is 5.76 Å². The van der Waals surface area contributed by atoms with Crippen LogP contribution in [0.25, 0.3) is 11.1 Å². The van der Waals surface area contributed by atoms with Gasteiger partial charge in [0.25, 0.3) is 0 Å². The highest BCUT2D eigenvalue weighted by Gasteiger charge is 2.03. The first-order valence-electron chi connectivity index (χ1n) is 6.57. The summed E-state index contributed by atoms with van der Waals surface area (Å²) in [6, 6.07) is 14.6. The van der Waals surface area contributed by atoms with Gasteiger partial charge in [-0.1, -0.05) is 35.5 Å². The molecule has 102 valence electrons. The number of rotatable bonds is 5. The van der Waals surface area contributed by atoms with E-state index in [0.29, 0.717) is 6.54 Å². The number of hydrogen-bond donors (Lipinski definition) is 1. The van der Waals surface area contributed by atoms with E-state index in [1.165, 1.54) is 16.0 Å². The van der Waals surface area contributed by atoms with Crippen LogP contribution in [0.2, 0.25) is 0 Å². The van der Waals surface area contributed by atoms with Crippen LogP contribution < -0.4 is 5.32 Å². The molecule has 3 aromatic rings. The second-order valence-electron chi connectivity index (χ2n) is 4.71. The molecule has 0 atom stereocenters. The summed E-state index contributed by atoms with van der Waals surface area (Å²) < 4.78 is 5.17. The highest BCUT2D eigenvalue weighted by molar-refractivity contribution is 7.10. The van der Waals surface area contributed by atoms with Crippen LogP contribution in [-0.4, -0.2) is 5.16 Å². The van der Waals surface area contributed by atoms with Crippen molar-refractivity contribution in [2.45, 2.75) is 20.0 Å². The zero-order chi connectivity index (χ0) is 13.8. The van der Waals surface area contributed by atoms with Gasteiger partial charge in [0.1, 0.15) is 0 Å². The average molecular weight is 284 g/mol. The van der Waals surface area contributed by atoms with Crippen molar-refractivity contribution in [3.8, 4) is 11.1 Å². The maximum atomic E-state index is 5.17. The third-order valence-corrected chi connectivity index (χ3v) is 3.97. The van der Waals surface area contributed by atoms with Crippen molar-refractivity contribution >= 4 is 11.3 Å². The van der Waals surface area contributed by atoms with Crippen molar-refractivity contribution < 1.29 is 4.52 Å². The van der Waals surface area contributed by atoms with Crippen molar-refractivity contribution in [3.63, 3.8) is 0 Å². The summed E-state index contributed by atoms with van der Waals surface area (Å²) >= 11 is 1.78. The van der Waals surface area contributed by atoms with Crippen molar-refractivity contribution in [3.05, 3.63) is 64.2 Å². The van der Waals surface area contributed by atoms with Gasteiger partial charge in [0.2, 0.25) is 0 Å². The van der Waals surface area contributed by atoms with E-state index in [1.807, 2.05) is 19.1 Å². The molecule has 0 unspecified atom stereocenters. The molecule has 3 nitrogen and oxygen atoms in total. The first-order chi connectivity index (χ1) is 9.81. The second kappa shape index (κ2) is 6.03. The molecule has 0 aliphatic heterocycles. The number of benzene rings is 1. The van der Waals surface area contributed by atoms with Crippen LogP contribution in [-0.2, 0) is 13.1 Å². The zero-order valence-electron chi connectivity index (χ0n) is 11.3. The molecule has 2 aromatic heterocycles. The Kier molecular flexibility index (Phi) is 3.95. The molecular weight excluding hydrogens is 268 g/mol. The minimum absolute atomic E-state index is 0.708. The summed E-state index contributed by atoms with van der Waals surface area (Å²) in [5.41, 5.74) is 3.47. The van der Waals surface area contributed by atoms with Crippen LogP contribution in [0.15, 0.2) is 52.4 Å². The third kappa shape index (κ3) is 3.15. The molecule has 0 saturated heterocycles. The molecule has 0 aliphatic carbocycles. The SMILES string of the molecule is Cc1cc(CNCc2cc(-c3ccccc3)cs2)on1. The quantitative estimate of drug-likeness (QED) is 0.769. The molecule has 1 aromatic carbocycles. The van der Waals surface area contributed by atoms with Crippen molar-refractivity contribution in [1.29, 1.82) is 0 Å². The standard InChI is InChI=1S/C16H16N2OS/c1-12-7-15(19-18-12)9-17-10-16-8-14(11-20-16)13-5-3-2-4-6-13/h2-8,11,17H,9-10H2,1H3. The minimum atomic E-state index is 0.708. The average Bonchev–Trinajstić information content (AvgIpc) is 3.09. The fourth-order valence-corrected chi connectivity index (χ4v) is 2.93. The monoisotopic (exact) mass is 284 g/mol. The Balaban J connectivity index is 1.58. The molecule has 0 saturated carbocycles. The Labute approximate surface area is 122 Å². The fourth-order valence-electron chi connectivity index (χ4n) is 2.06. The van der Waals surface area contributed by atoms with Gasteiger partial charge in [0.05, 0.1) is 12.2 Å². The van der Waals surface area contributed by atoms with Crippen LogP contribution in [0.3, 0.4) is 0 Å². The number of thiophene rings is 1. The number of hydrogen-bond acceptors (Lipinski definition) is 4. The largest absolute Gasteiger partial charge is 0.360 e. The summed E-state index contributed by atoms with van der Waals surface area (Å²) in [4.78, 5) is 1.32. The van der Waals surface area contributed by atoms with Gasteiger partial charge < -0.3 is 9.84 Å². The van der Waals surface area contributed by atoms with Crippen LogP contribution >= 0.6 is 11.3 Å². The van der Waals surface area contributed by atoms with Gasteiger partial charge in [-0.15, -0.1) is 11.3 Å². The summed E-state index contributed by atoms with van der Waals surface area (Å²) in [7, 11) is 0. The number of aryl methyl sites for hydroxylation is 1. The van der Waals surface area contributed by atoms with Crippen LogP contribution in [0.5, 0.6) is 0 Å². The Hall–Kier alpha value is -1.91. The van der Waals surface area contributed by atoms with E-state index in [0.717, 1.165) is 18.0 Å². The van der Waals surface area contributed by atoms with E-state index < -0.39 is 0 Å². The lowest BCUT2D eigenvalue weighted by atomic mass is 10.1. The van der Waals surface area contributed by atoms with Gasteiger partial charge in [-0.3, -0.25) is 0 Å². The van der Waals surface area contributed by atoms with Crippen LogP contribution in [0, 0.1) is 6.92 Å². The molecule has 4 heteroatoms. The lowest BCUT2D eigenvalue weighted by molar-refractivity contribution is 0.369. The topological polar surface area (TPSA) is 38.1 Å². The number of nitrogens with one attached hydrogen (secondary N) is 1. The lowest BCUT2D eigenvalue weighted by Crippen LogP contribution is -2.11. The second-order valence-corrected chi connectivity index (χ2v) is 5.70. The normalized spacial score (nSPS) is 10.8. The van der Waals surface area contributed by atoms with Crippen LogP contribution in [0.1, 0.15) is 16.3 Å². The highest BCUT2D eigenvalue weighted by atomic mass is 32.1. The first-order valence-corrected chi connectivity index (χ1v) is 7.45. The predicted octanol–water partition coefficient (Wildman–Crippen LogP) is 4.00.